The number of carbonyl (C=O) groups excluding carboxylic acids is 2. The maximum absolute atomic E-state index is 11.5. The molecule has 0 aromatic rings. The van der Waals surface area contributed by atoms with Gasteiger partial charge in [0.25, 0.3) is 0 Å². The fourth-order valence-corrected chi connectivity index (χ4v) is 3.18. The van der Waals surface area contributed by atoms with Crippen molar-refractivity contribution in [2.75, 3.05) is 0 Å². The summed E-state index contributed by atoms with van der Waals surface area (Å²) < 4.78 is 0. The average molecular weight is 378 g/mol. The maximum atomic E-state index is 11.5. The van der Waals surface area contributed by atoms with Gasteiger partial charge in [-0.05, 0) is 24.2 Å². The molecule has 4 nitrogen and oxygen atoms in total. The number of rotatable bonds is 3. The van der Waals surface area contributed by atoms with Crippen molar-refractivity contribution in [3.8, 4) is 0 Å². The fraction of sp³-hybridized carbons (Fsp3) is 0.846. The molecule has 0 atom stereocenters. The zero-order valence-electron chi connectivity index (χ0n) is 11.5. The maximum Gasteiger partial charge on any atom is 2.00 e. The molecule has 0 aromatic heterocycles. The van der Waals surface area contributed by atoms with Crippen LogP contribution in [0.1, 0.15) is 52.9 Å². The largest absolute Gasteiger partial charge is 2.00 e. The van der Waals surface area contributed by atoms with Crippen LogP contribution in [0.3, 0.4) is 0 Å². The Morgan fingerprint density at radius 3 is 1.61 bits per heavy atom. The van der Waals surface area contributed by atoms with E-state index in [9.17, 15) is 19.8 Å². The van der Waals surface area contributed by atoms with Gasteiger partial charge in [-0.3, -0.25) is 0 Å². The molecule has 0 radical (unpaired) electrons. The molecule has 0 unspecified atom stereocenters. The molecular weight excluding hydrogens is 357 g/mol. The van der Waals surface area contributed by atoms with Gasteiger partial charge in [0.15, 0.2) is 0 Å². The molecule has 18 heavy (non-hydrogen) atoms. The Morgan fingerprint density at radius 1 is 0.944 bits per heavy atom. The second-order valence-electron chi connectivity index (χ2n) is 5.97. The monoisotopic (exact) mass is 378 g/mol. The smallest absolute Gasteiger partial charge is 0.549 e. The Kier molecular flexibility index (Phi) is 6.99. The zero-order valence-corrected chi connectivity index (χ0v) is 15.9. The van der Waals surface area contributed by atoms with E-state index < -0.39 is 22.8 Å². The molecule has 0 heterocycles. The fourth-order valence-electron chi connectivity index (χ4n) is 3.18. The van der Waals surface area contributed by atoms with Crippen molar-refractivity contribution in [1.29, 1.82) is 0 Å². The van der Waals surface area contributed by atoms with Crippen LogP contribution in [0, 0.1) is 16.7 Å². The normalized spacial score (nSPS) is 17.9. The summed E-state index contributed by atoms with van der Waals surface area (Å²) in [4.78, 5) is 23.0. The van der Waals surface area contributed by atoms with Crippen LogP contribution >= 0.6 is 0 Å². The van der Waals surface area contributed by atoms with E-state index in [1.165, 1.54) is 0 Å². The van der Waals surface area contributed by atoms with Crippen molar-refractivity contribution >= 4 is 60.8 Å². The van der Waals surface area contributed by atoms with E-state index >= 15 is 0 Å². The molecule has 1 saturated carbocycles. The topological polar surface area (TPSA) is 80.3 Å². The summed E-state index contributed by atoms with van der Waals surface area (Å²) >= 11 is 0. The molecule has 0 aromatic carbocycles. The first kappa shape index (κ1) is 18.5. The van der Waals surface area contributed by atoms with Gasteiger partial charge in [-0.15, -0.1) is 0 Å². The number of hydrogen-bond acceptors (Lipinski definition) is 4. The summed E-state index contributed by atoms with van der Waals surface area (Å²) in [6.07, 6.45) is 4.04. The quantitative estimate of drug-likeness (QED) is 0.500. The van der Waals surface area contributed by atoms with Crippen LogP contribution in [0.5, 0.6) is 0 Å². The molecule has 0 saturated heterocycles. The molecule has 0 N–H and O–H groups in total. The van der Waals surface area contributed by atoms with Crippen LogP contribution in [0.25, 0.3) is 0 Å². The van der Waals surface area contributed by atoms with Crippen LogP contribution in [0.2, 0.25) is 0 Å². The van der Waals surface area contributed by atoms with Crippen LogP contribution in [-0.2, 0) is 9.59 Å². The summed E-state index contributed by atoms with van der Waals surface area (Å²) in [6.45, 7) is 4.90. The number of hydrogen-bond donors (Lipinski definition) is 0. The van der Waals surface area contributed by atoms with Crippen LogP contribution in [-0.4, -0.2) is 60.8 Å². The molecule has 0 bridgehead atoms. The minimum absolute atomic E-state index is 0. The molecular formula is C13H20BaO4. The van der Waals surface area contributed by atoms with Crippen LogP contribution in [0.4, 0.5) is 0 Å². The van der Waals surface area contributed by atoms with E-state index in [1.807, 2.05) is 0 Å². The Balaban J connectivity index is 0.00000289. The summed E-state index contributed by atoms with van der Waals surface area (Å²) in [5.74, 6) is -3.39. The third-order valence-corrected chi connectivity index (χ3v) is 4.04. The van der Waals surface area contributed by atoms with E-state index in [0.717, 1.165) is 19.3 Å². The van der Waals surface area contributed by atoms with Crippen molar-refractivity contribution in [3.63, 3.8) is 0 Å². The summed E-state index contributed by atoms with van der Waals surface area (Å²) in [6, 6.07) is 0. The second kappa shape index (κ2) is 6.79. The van der Waals surface area contributed by atoms with Gasteiger partial charge < -0.3 is 19.8 Å². The summed E-state index contributed by atoms with van der Waals surface area (Å²) in [5.41, 5.74) is -2.79. The number of carboxylic acid groups (broad SMARTS) is 2. The zero-order chi connectivity index (χ0) is 13.3. The minimum atomic E-state index is -1.88. The molecule has 0 amide bonds. The van der Waals surface area contributed by atoms with Crippen molar-refractivity contribution in [2.45, 2.75) is 52.9 Å². The number of carbonyl (C=O) groups is 2. The number of aliphatic carboxylic acids is 2. The molecule has 1 aliphatic carbocycles. The second-order valence-corrected chi connectivity index (χ2v) is 5.97. The van der Waals surface area contributed by atoms with E-state index in [2.05, 4.69) is 0 Å². The molecule has 5 heteroatoms. The minimum Gasteiger partial charge on any atom is -0.549 e. The molecule has 98 valence electrons. The van der Waals surface area contributed by atoms with E-state index in [-0.39, 0.29) is 54.8 Å². The van der Waals surface area contributed by atoms with Gasteiger partial charge in [0.1, 0.15) is 0 Å². The van der Waals surface area contributed by atoms with Crippen molar-refractivity contribution in [1.82, 2.24) is 0 Å². The first-order valence-electron chi connectivity index (χ1n) is 6.17. The average Bonchev–Trinajstić information content (AvgIpc) is 2.16. The van der Waals surface area contributed by atoms with Gasteiger partial charge in [0.2, 0.25) is 0 Å². The van der Waals surface area contributed by atoms with Crippen molar-refractivity contribution in [2.24, 2.45) is 16.7 Å². The van der Waals surface area contributed by atoms with E-state index in [1.54, 1.807) is 20.8 Å². The van der Waals surface area contributed by atoms with Gasteiger partial charge in [0, 0.05) is 0 Å². The van der Waals surface area contributed by atoms with Crippen molar-refractivity contribution < 1.29 is 19.8 Å². The molecule has 1 fully saturated rings. The van der Waals surface area contributed by atoms with E-state index in [4.69, 9.17) is 0 Å². The van der Waals surface area contributed by atoms with E-state index in [0.29, 0.717) is 12.8 Å². The van der Waals surface area contributed by atoms with Crippen LogP contribution in [0.15, 0.2) is 0 Å². The number of carboxylic acids is 2. The first-order valence-corrected chi connectivity index (χ1v) is 6.17. The van der Waals surface area contributed by atoms with Gasteiger partial charge in [0.05, 0.1) is 17.4 Å². The SMILES string of the molecule is CC(C)(C)C(C(=O)[O-])(C(=O)[O-])C1CCCCC1.[Ba+2]. The molecule has 1 rings (SSSR count). The van der Waals surface area contributed by atoms with Gasteiger partial charge in [-0.25, -0.2) is 0 Å². The molecule has 1 aliphatic rings. The molecule has 0 aliphatic heterocycles. The first-order chi connectivity index (χ1) is 7.74. The predicted octanol–water partition coefficient (Wildman–Crippen LogP) is -0.282. The van der Waals surface area contributed by atoms with Crippen LogP contribution < -0.4 is 10.2 Å². The predicted molar refractivity (Wildman–Crippen MR) is 64.2 cm³/mol. The van der Waals surface area contributed by atoms with Gasteiger partial charge >= 0.3 is 48.9 Å². The Bertz CT molecular complexity index is 299. The standard InChI is InChI=1S/C13H22O4.Ba/c1-12(2,3)13(10(14)15,11(16)17)9-7-5-4-6-8-9;/h9H,4-8H2,1-3H3,(H,14,15)(H,16,17);/q;+2/p-2. The Morgan fingerprint density at radius 2 is 1.33 bits per heavy atom. The molecule has 0 spiro atoms. The van der Waals surface area contributed by atoms with Crippen molar-refractivity contribution in [3.05, 3.63) is 0 Å². The summed E-state index contributed by atoms with van der Waals surface area (Å²) in [7, 11) is 0. The third-order valence-electron chi connectivity index (χ3n) is 4.04. The summed E-state index contributed by atoms with van der Waals surface area (Å²) in [5, 5.41) is 23.0. The Hall–Kier alpha value is 0.511. The van der Waals surface area contributed by atoms with Gasteiger partial charge in [-0.2, -0.15) is 0 Å². The third kappa shape index (κ3) is 3.15. The van der Waals surface area contributed by atoms with Gasteiger partial charge in [-0.1, -0.05) is 40.0 Å². The Labute approximate surface area is 149 Å².